The molecule has 90 valence electrons. The molecule has 0 aliphatic heterocycles. The molecule has 0 atom stereocenters. The topological polar surface area (TPSA) is 62.5 Å². The van der Waals surface area contributed by atoms with Crippen LogP contribution in [0, 0.1) is 5.92 Å². The number of hydrogen-bond acceptors (Lipinski definition) is 4. The maximum Gasteiger partial charge on any atom is 0.238 e. The highest BCUT2D eigenvalue weighted by Gasteiger charge is 2.12. The van der Waals surface area contributed by atoms with E-state index in [-0.39, 0.29) is 5.88 Å². The SMILES string of the molecule is C=C(NCc1c(O)nn2cccnc12)C(C)C. The number of aromatic nitrogens is 3. The lowest BCUT2D eigenvalue weighted by molar-refractivity contribution is 0.441. The fourth-order valence-corrected chi connectivity index (χ4v) is 1.49. The van der Waals surface area contributed by atoms with Crippen LogP contribution in [0.5, 0.6) is 5.88 Å². The molecule has 0 aromatic carbocycles. The molecule has 0 spiro atoms. The summed E-state index contributed by atoms with van der Waals surface area (Å²) in [7, 11) is 0. The van der Waals surface area contributed by atoms with Crippen LogP contribution in [0.4, 0.5) is 0 Å². The number of fused-ring (bicyclic) bond motifs is 1. The zero-order chi connectivity index (χ0) is 12.4. The summed E-state index contributed by atoms with van der Waals surface area (Å²) in [4.78, 5) is 4.20. The maximum absolute atomic E-state index is 9.74. The van der Waals surface area contributed by atoms with E-state index in [1.807, 2.05) is 0 Å². The summed E-state index contributed by atoms with van der Waals surface area (Å²) in [5.41, 5.74) is 2.28. The minimum atomic E-state index is 0.00718. The molecule has 2 aromatic rings. The van der Waals surface area contributed by atoms with Gasteiger partial charge < -0.3 is 10.4 Å². The summed E-state index contributed by atoms with van der Waals surface area (Å²) >= 11 is 0. The van der Waals surface area contributed by atoms with Gasteiger partial charge in [-0.1, -0.05) is 20.4 Å². The Morgan fingerprint density at radius 1 is 1.59 bits per heavy atom. The van der Waals surface area contributed by atoms with E-state index in [9.17, 15) is 5.11 Å². The average Bonchev–Trinajstić information content (AvgIpc) is 2.61. The van der Waals surface area contributed by atoms with Gasteiger partial charge >= 0.3 is 0 Å². The van der Waals surface area contributed by atoms with Crippen molar-refractivity contribution in [1.29, 1.82) is 0 Å². The minimum absolute atomic E-state index is 0.00718. The predicted molar refractivity (Wildman–Crippen MR) is 65.5 cm³/mol. The van der Waals surface area contributed by atoms with Gasteiger partial charge in [-0.25, -0.2) is 9.50 Å². The smallest absolute Gasteiger partial charge is 0.238 e. The van der Waals surface area contributed by atoms with Gasteiger partial charge in [-0.15, -0.1) is 5.10 Å². The first-order valence-corrected chi connectivity index (χ1v) is 5.53. The van der Waals surface area contributed by atoms with E-state index in [2.05, 4.69) is 35.8 Å². The number of nitrogens with one attached hydrogen (secondary N) is 1. The fraction of sp³-hybridized carbons (Fsp3) is 0.333. The summed E-state index contributed by atoms with van der Waals surface area (Å²) in [5.74, 6) is 0.361. The van der Waals surface area contributed by atoms with Crippen LogP contribution in [0.2, 0.25) is 0 Å². The maximum atomic E-state index is 9.74. The average molecular weight is 232 g/mol. The van der Waals surface area contributed by atoms with Gasteiger partial charge in [-0.2, -0.15) is 0 Å². The number of aromatic hydroxyl groups is 1. The Hall–Kier alpha value is -2.04. The molecule has 0 aliphatic carbocycles. The van der Waals surface area contributed by atoms with Crippen LogP contribution in [0.25, 0.3) is 5.65 Å². The summed E-state index contributed by atoms with van der Waals surface area (Å²) in [6.07, 6.45) is 3.43. The van der Waals surface area contributed by atoms with Gasteiger partial charge in [0.05, 0.1) is 5.56 Å². The highest BCUT2D eigenvalue weighted by Crippen LogP contribution is 2.19. The normalized spacial score (nSPS) is 11.0. The van der Waals surface area contributed by atoms with Crippen molar-refractivity contribution in [2.24, 2.45) is 5.92 Å². The molecule has 0 radical (unpaired) electrons. The van der Waals surface area contributed by atoms with Gasteiger partial charge in [-0.05, 0) is 12.0 Å². The van der Waals surface area contributed by atoms with E-state index in [1.165, 1.54) is 0 Å². The van der Waals surface area contributed by atoms with Crippen molar-refractivity contribution in [3.05, 3.63) is 36.3 Å². The molecule has 5 nitrogen and oxygen atoms in total. The second-order valence-electron chi connectivity index (χ2n) is 4.22. The summed E-state index contributed by atoms with van der Waals surface area (Å²) in [5, 5.41) is 16.9. The molecule has 0 amide bonds. The van der Waals surface area contributed by atoms with Gasteiger partial charge in [0.2, 0.25) is 5.88 Å². The molecule has 0 aliphatic rings. The van der Waals surface area contributed by atoms with Crippen LogP contribution in [0.1, 0.15) is 19.4 Å². The van der Waals surface area contributed by atoms with E-state index < -0.39 is 0 Å². The third-order valence-corrected chi connectivity index (χ3v) is 2.66. The second kappa shape index (κ2) is 4.45. The number of allylic oxidation sites excluding steroid dienone is 1. The van der Waals surface area contributed by atoms with Crippen LogP contribution in [-0.4, -0.2) is 19.7 Å². The molecule has 2 aromatic heterocycles. The molecule has 0 unspecified atom stereocenters. The molecular formula is C12H16N4O. The van der Waals surface area contributed by atoms with E-state index in [1.54, 1.807) is 23.0 Å². The molecule has 17 heavy (non-hydrogen) atoms. The Morgan fingerprint density at radius 2 is 2.35 bits per heavy atom. The van der Waals surface area contributed by atoms with Crippen molar-refractivity contribution < 1.29 is 5.11 Å². The standard InChI is InChI=1S/C12H16N4O/c1-8(2)9(3)14-7-10-11-13-5-4-6-16(11)15-12(10)17/h4-6,8,14H,3,7H2,1-2H3,(H,15,17). The highest BCUT2D eigenvalue weighted by atomic mass is 16.3. The molecule has 5 heteroatoms. The van der Waals surface area contributed by atoms with Gasteiger partial charge in [0.25, 0.3) is 0 Å². The zero-order valence-corrected chi connectivity index (χ0v) is 10.0. The van der Waals surface area contributed by atoms with Gasteiger partial charge in [0, 0.05) is 24.6 Å². The molecule has 0 saturated carbocycles. The van der Waals surface area contributed by atoms with Crippen LogP contribution in [0.15, 0.2) is 30.7 Å². The molecule has 2 rings (SSSR count). The number of rotatable bonds is 4. The van der Waals surface area contributed by atoms with Crippen molar-refractivity contribution in [2.45, 2.75) is 20.4 Å². The molecule has 2 N–H and O–H groups in total. The molecular weight excluding hydrogens is 216 g/mol. The fourth-order valence-electron chi connectivity index (χ4n) is 1.49. The van der Waals surface area contributed by atoms with Gasteiger partial charge in [-0.3, -0.25) is 0 Å². The van der Waals surface area contributed by atoms with Crippen LogP contribution in [-0.2, 0) is 6.54 Å². The Balaban J connectivity index is 2.24. The lowest BCUT2D eigenvalue weighted by Gasteiger charge is -2.11. The molecule has 0 fully saturated rings. The van der Waals surface area contributed by atoms with Crippen molar-refractivity contribution >= 4 is 5.65 Å². The molecule has 0 saturated heterocycles. The van der Waals surface area contributed by atoms with Crippen molar-refractivity contribution in [2.75, 3.05) is 0 Å². The lowest BCUT2D eigenvalue weighted by Crippen LogP contribution is -2.15. The van der Waals surface area contributed by atoms with E-state index in [4.69, 9.17) is 0 Å². The first-order chi connectivity index (χ1) is 8.09. The third-order valence-electron chi connectivity index (χ3n) is 2.66. The monoisotopic (exact) mass is 232 g/mol. The largest absolute Gasteiger partial charge is 0.492 e. The van der Waals surface area contributed by atoms with Crippen LogP contribution < -0.4 is 5.32 Å². The first kappa shape index (κ1) is 11.4. The predicted octanol–water partition coefficient (Wildman–Crippen LogP) is 1.69. The Labute approximate surface area is 99.8 Å². The van der Waals surface area contributed by atoms with Crippen molar-refractivity contribution in [3.8, 4) is 5.88 Å². The lowest BCUT2D eigenvalue weighted by atomic mass is 10.1. The zero-order valence-electron chi connectivity index (χ0n) is 10.0. The van der Waals surface area contributed by atoms with Gasteiger partial charge in [0.1, 0.15) is 0 Å². The summed E-state index contributed by atoms with van der Waals surface area (Å²) in [6, 6.07) is 1.77. The Bertz CT molecular complexity index is 544. The van der Waals surface area contributed by atoms with Crippen molar-refractivity contribution in [1.82, 2.24) is 19.9 Å². The first-order valence-electron chi connectivity index (χ1n) is 5.53. The Morgan fingerprint density at radius 3 is 3.06 bits per heavy atom. The van der Waals surface area contributed by atoms with E-state index in [0.717, 1.165) is 5.70 Å². The third kappa shape index (κ3) is 2.22. The molecule has 2 heterocycles. The Kier molecular flexibility index (Phi) is 2.99. The summed E-state index contributed by atoms with van der Waals surface area (Å²) in [6.45, 7) is 8.52. The number of hydrogen-bond donors (Lipinski definition) is 2. The van der Waals surface area contributed by atoms with E-state index >= 15 is 0 Å². The summed E-state index contributed by atoms with van der Waals surface area (Å²) < 4.78 is 1.56. The highest BCUT2D eigenvalue weighted by molar-refractivity contribution is 5.52. The second-order valence-corrected chi connectivity index (χ2v) is 4.22. The number of nitrogens with zero attached hydrogens (tertiary/aromatic N) is 3. The van der Waals surface area contributed by atoms with E-state index in [0.29, 0.717) is 23.7 Å². The quantitative estimate of drug-likeness (QED) is 0.842. The van der Waals surface area contributed by atoms with Crippen molar-refractivity contribution in [3.63, 3.8) is 0 Å². The van der Waals surface area contributed by atoms with Gasteiger partial charge in [0.15, 0.2) is 5.65 Å². The van der Waals surface area contributed by atoms with Crippen LogP contribution >= 0.6 is 0 Å². The molecule has 0 bridgehead atoms. The van der Waals surface area contributed by atoms with Crippen LogP contribution in [0.3, 0.4) is 0 Å². The minimum Gasteiger partial charge on any atom is -0.492 e.